The molecule has 1 saturated heterocycles. The first kappa shape index (κ1) is 13.5. The van der Waals surface area contributed by atoms with Gasteiger partial charge in [-0.25, -0.2) is 0 Å². The van der Waals surface area contributed by atoms with Gasteiger partial charge < -0.3 is 9.47 Å². The summed E-state index contributed by atoms with van der Waals surface area (Å²) in [5.74, 6) is 1.22. The molecule has 0 unspecified atom stereocenters. The molecule has 0 spiro atoms. The van der Waals surface area contributed by atoms with Gasteiger partial charge in [0.15, 0.2) is 0 Å². The van der Waals surface area contributed by atoms with Crippen LogP contribution >= 0.6 is 0 Å². The molecule has 0 aromatic carbocycles. The van der Waals surface area contributed by atoms with Gasteiger partial charge in [-0.05, 0) is 32.2 Å². The van der Waals surface area contributed by atoms with Crippen molar-refractivity contribution in [3.8, 4) is 0 Å². The Morgan fingerprint density at radius 2 is 2.25 bits per heavy atom. The fourth-order valence-corrected chi connectivity index (χ4v) is 3.09. The van der Waals surface area contributed by atoms with Crippen molar-refractivity contribution in [2.75, 3.05) is 13.1 Å². The van der Waals surface area contributed by atoms with Gasteiger partial charge in [-0.2, -0.15) is 0 Å². The van der Waals surface area contributed by atoms with E-state index in [-0.39, 0.29) is 5.91 Å². The van der Waals surface area contributed by atoms with Gasteiger partial charge >= 0.3 is 0 Å². The second-order valence-electron chi connectivity index (χ2n) is 6.03. The molecule has 2 fully saturated rings. The molecule has 110 valence electrons. The molecule has 0 radical (unpaired) electrons. The van der Waals surface area contributed by atoms with E-state index in [1.54, 1.807) is 13.3 Å². The van der Waals surface area contributed by atoms with Gasteiger partial charge in [0.05, 0.1) is 6.54 Å². The Bertz CT molecular complexity index is 482. The summed E-state index contributed by atoms with van der Waals surface area (Å²) in [6.45, 7) is 4.49. The molecule has 0 N–H and O–H groups in total. The Morgan fingerprint density at radius 1 is 1.45 bits per heavy atom. The molecule has 2 heterocycles. The number of hydrogen-bond donors (Lipinski definition) is 0. The third-order valence-electron chi connectivity index (χ3n) is 4.45. The van der Waals surface area contributed by atoms with E-state index in [1.807, 2.05) is 11.6 Å². The van der Waals surface area contributed by atoms with E-state index < -0.39 is 0 Å². The Morgan fingerprint density at radius 3 is 2.85 bits per heavy atom. The summed E-state index contributed by atoms with van der Waals surface area (Å²) in [4.78, 5) is 16.3. The highest BCUT2D eigenvalue weighted by Gasteiger charge is 2.35. The highest BCUT2D eigenvalue weighted by Crippen LogP contribution is 2.29. The van der Waals surface area contributed by atoms with Crippen molar-refractivity contribution in [3.05, 3.63) is 12.2 Å². The van der Waals surface area contributed by atoms with E-state index in [1.165, 1.54) is 25.7 Å². The van der Waals surface area contributed by atoms with Crippen molar-refractivity contribution in [2.45, 2.75) is 51.2 Å². The SMILES string of the molecule is CC(=O)N(C[C@H]1CCCN1Cc1nncn1C)C1CC1. The summed E-state index contributed by atoms with van der Waals surface area (Å²) in [5.41, 5.74) is 0. The summed E-state index contributed by atoms with van der Waals surface area (Å²) < 4.78 is 1.97. The van der Waals surface area contributed by atoms with E-state index in [9.17, 15) is 4.79 Å². The van der Waals surface area contributed by atoms with Gasteiger partial charge in [0.1, 0.15) is 12.2 Å². The fraction of sp³-hybridized carbons (Fsp3) is 0.786. The Balaban J connectivity index is 1.63. The summed E-state index contributed by atoms with van der Waals surface area (Å²) in [6, 6.07) is 0.973. The maximum Gasteiger partial charge on any atom is 0.219 e. The number of nitrogens with zero attached hydrogens (tertiary/aromatic N) is 5. The second-order valence-corrected chi connectivity index (χ2v) is 6.03. The number of rotatable bonds is 5. The molecule has 1 aliphatic heterocycles. The first-order chi connectivity index (χ1) is 9.65. The predicted molar refractivity (Wildman–Crippen MR) is 74.8 cm³/mol. The van der Waals surface area contributed by atoms with E-state index in [4.69, 9.17) is 0 Å². The monoisotopic (exact) mass is 277 g/mol. The minimum absolute atomic E-state index is 0.220. The van der Waals surface area contributed by atoms with E-state index in [2.05, 4.69) is 20.0 Å². The molecule has 0 bridgehead atoms. The highest BCUT2D eigenvalue weighted by molar-refractivity contribution is 5.74. The normalized spacial score (nSPS) is 23.2. The van der Waals surface area contributed by atoms with Crippen molar-refractivity contribution in [1.29, 1.82) is 0 Å². The van der Waals surface area contributed by atoms with Crippen LogP contribution in [0.5, 0.6) is 0 Å². The van der Waals surface area contributed by atoms with Crippen molar-refractivity contribution < 1.29 is 4.79 Å². The molecule has 1 aromatic heterocycles. The van der Waals surface area contributed by atoms with Crippen LogP contribution in [0.3, 0.4) is 0 Å². The van der Waals surface area contributed by atoms with Gasteiger partial charge in [0, 0.05) is 32.6 Å². The minimum Gasteiger partial charge on any atom is -0.338 e. The maximum atomic E-state index is 11.8. The molecular formula is C14H23N5O. The highest BCUT2D eigenvalue weighted by atomic mass is 16.2. The first-order valence-electron chi connectivity index (χ1n) is 7.49. The smallest absolute Gasteiger partial charge is 0.219 e. The van der Waals surface area contributed by atoms with Crippen molar-refractivity contribution in [1.82, 2.24) is 24.6 Å². The van der Waals surface area contributed by atoms with Crippen LogP contribution in [0.15, 0.2) is 6.33 Å². The zero-order valence-corrected chi connectivity index (χ0v) is 12.3. The quantitative estimate of drug-likeness (QED) is 0.798. The molecule has 6 heteroatoms. The van der Waals surface area contributed by atoms with Gasteiger partial charge in [-0.3, -0.25) is 9.69 Å². The molecule has 20 heavy (non-hydrogen) atoms. The van der Waals surface area contributed by atoms with Crippen LogP contribution in [0, 0.1) is 0 Å². The first-order valence-corrected chi connectivity index (χ1v) is 7.49. The van der Waals surface area contributed by atoms with Gasteiger partial charge in [0.25, 0.3) is 0 Å². The topological polar surface area (TPSA) is 54.3 Å². The van der Waals surface area contributed by atoms with Crippen LogP contribution in [0.1, 0.15) is 38.4 Å². The van der Waals surface area contributed by atoms with Gasteiger partial charge in [-0.15, -0.1) is 10.2 Å². The van der Waals surface area contributed by atoms with Crippen molar-refractivity contribution in [2.24, 2.45) is 7.05 Å². The number of likely N-dealkylation sites (tertiary alicyclic amines) is 1. The zero-order valence-electron chi connectivity index (χ0n) is 12.3. The summed E-state index contributed by atoms with van der Waals surface area (Å²) in [5, 5.41) is 8.10. The summed E-state index contributed by atoms with van der Waals surface area (Å²) >= 11 is 0. The third kappa shape index (κ3) is 2.85. The van der Waals surface area contributed by atoms with Gasteiger partial charge in [0.2, 0.25) is 5.91 Å². The Hall–Kier alpha value is -1.43. The second kappa shape index (κ2) is 5.52. The lowest BCUT2D eigenvalue weighted by molar-refractivity contribution is -0.130. The predicted octanol–water partition coefficient (Wildman–Crippen LogP) is 0.790. The Labute approximate surface area is 119 Å². The van der Waals surface area contributed by atoms with Crippen LogP contribution in [0.4, 0.5) is 0 Å². The number of carbonyl (C=O) groups is 1. The standard InChI is InChI=1S/C14H23N5O/c1-11(20)19(12-5-6-12)8-13-4-3-7-18(13)9-14-16-15-10-17(14)2/h10,12-13H,3-9H2,1-2H3/t13-/m1/s1. The number of aryl methyl sites for hydroxylation is 1. The molecule has 3 rings (SSSR count). The van der Waals surface area contributed by atoms with E-state index >= 15 is 0 Å². The molecule has 2 aliphatic rings. The van der Waals surface area contributed by atoms with Crippen LogP contribution in [0.25, 0.3) is 0 Å². The third-order valence-corrected chi connectivity index (χ3v) is 4.45. The van der Waals surface area contributed by atoms with Gasteiger partial charge in [-0.1, -0.05) is 0 Å². The molecule has 1 aliphatic carbocycles. The number of hydrogen-bond acceptors (Lipinski definition) is 4. The lowest BCUT2D eigenvalue weighted by Gasteiger charge is -2.30. The van der Waals surface area contributed by atoms with E-state index in [0.29, 0.717) is 12.1 Å². The zero-order chi connectivity index (χ0) is 14.1. The van der Waals surface area contributed by atoms with Crippen LogP contribution < -0.4 is 0 Å². The molecule has 1 atom stereocenters. The lowest BCUT2D eigenvalue weighted by atomic mass is 10.2. The fourth-order valence-electron chi connectivity index (χ4n) is 3.09. The summed E-state index contributed by atoms with van der Waals surface area (Å²) in [6.07, 6.45) is 6.48. The average Bonchev–Trinajstić information content (AvgIpc) is 3.03. The number of amides is 1. The largest absolute Gasteiger partial charge is 0.338 e. The van der Waals surface area contributed by atoms with Crippen LogP contribution in [-0.2, 0) is 18.4 Å². The number of aromatic nitrogens is 3. The molecule has 1 amide bonds. The number of carbonyl (C=O) groups excluding carboxylic acids is 1. The minimum atomic E-state index is 0.220. The molecular weight excluding hydrogens is 254 g/mol. The molecule has 6 nitrogen and oxygen atoms in total. The molecule has 1 saturated carbocycles. The average molecular weight is 277 g/mol. The molecule has 1 aromatic rings. The van der Waals surface area contributed by atoms with E-state index in [0.717, 1.165) is 25.5 Å². The summed E-state index contributed by atoms with van der Waals surface area (Å²) in [7, 11) is 1.98. The maximum absolute atomic E-state index is 11.8. The van der Waals surface area contributed by atoms with Crippen molar-refractivity contribution >= 4 is 5.91 Å². The lowest BCUT2D eigenvalue weighted by Crippen LogP contribution is -2.43. The van der Waals surface area contributed by atoms with Crippen molar-refractivity contribution in [3.63, 3.8) is 0 Å². The van der Waals surface area contributed by atoms with Crippen LogP contribution in [-0.4, -0.2) is 55.6 Å². The van der Waals surface area contributed by atoms with Crippen LogP contribution in [0.2, 0.25) is 0 Å². The Kier molecular flexibility index (Phi) is 3.74.